The van der Waals surface area contributed by atoms with Gasteiger partial charge in [-0.1, -0.05) is 6.92 Å². The molecule has 1 aromatic carbocycles. The molecule has 238 valence electrons. The van der Waals surface area contributed by atoms with Gasteiger partial charge in [-0.05, 0) is 91.0 Å². The number of piperidine rings is 2. The normalized spacial score (nSPS) is 27.3. The van der Waals surface area contributed by atoms with E-state index in [2.05, 4.69) is 28.0 Å². The molecule has 0 aliphatic carbocycles. The standard InChI is InChI=1S/C32H50N6O5/c1-8-32(12-15-36(16-13-32)29(41)43-30(3,4)5)38-24-11-14-33-27(39)25(24)26(35-38)34-22-9-10-23(21(2)19-22)28(40)37-17-18-42-31(6,7)20-37/h9-10,19,24-26,34-35H,8,11-18,20H2,1-7H3,(H,33,39). The molecule has 0 bridgehead atoms. The van der Waals surface area contributed by atoms with E-state index in [1.807, 2.05) is 64.6 Å². The predicted molar refractivity (Wildman–Crippen MR) is 164 cm³/mol. The molecule has 0 aromatic heterocycles. The van der Waals surface area contributed by atoms with Gasteiger partial charge in [0.15, 0.2) is 0 Å². The molecule has 3 unspecified atom stereocenters. The quantitative estimate of drug-likeness (QED) is 0.472. The fraction of sp³-hybridized carbons (Fsp3) is 0.719. The van der Waals surface area contributed by atoms with E-state index in [0.29, 0.717) is 44.9 Å². The molecule has 1 aromatic rings. The van der Waals surface area contributed by atoms with Crippen LogP contribution in [0.25, 0.3) is 0 Å². The van der Waals surface area contributed by atoms with E-state index in [0.717, 1.165) is 36.9 Å². The fourth-order valence-corrected chi connectivity index (χ4v) is 7.15. The molecule has 3 amide bonds. The number of fused-ring (bicyclic) bond motifs is 1. The summed E-state index contributed by atoms with van der Waals surface area (Å²) in [5.41, 5.74) is 5.06. The van der Waals surface area contributed by atoms with Crippen molar-refractivity contribution in [3.8, 4) is 0 Å². The highest BCUT2D eigenvalue weighted by molar-refractivity contribution is 5.96. The van der Waals surface area contributed by atoms with Crippen LogP contribution >= 0.6 is 0 Å². The Morgan fingerprint density at radius 2 is 1.86 bits per heavy atom. The molecule has 3 N–H and O–H groups in total. The number of carbonyl (C=O) groups is 3. The first-order chi connectivity index (χ1) is 20.2. The summed E-state index contributed by atoms with van der Waals surface area (Å²) in [4.78, 5) is 43.0. The van der Waals surface area contributed by atoms with Crippen molar-refractivity contribution in [2.45, 2.75) is 103 Å². The van der Waals surface area contributed by atoms with Crippen molar-refractivity contribution in [3.05, 3.63) is 29.3 Å². The number of hydrogen-bond acceptors (Lipinski definition) is 8. The number of nitrogens with one attached hydrogen (secondary N) is 3. The Hall–Kier alpha value is -2.89. The second-order valence-corrected chi connectivity index (χ2v) is 14.2. The predicted octanol–water partition coefficient (Wildman–Crippen LogP) is 3.49. The number of morpholine rings is 1. The van der Waals surface area contributed by atoms with Gasteiger partial charge in [0.1, 0.15) is 11.8 Å². The van der Waals surface area contributed by atoms with E-state index in [1.54, 1.807) is 4.90 Å². The summed E-state index contributed by atoms with van der Waals surface area (Å²) < 4.78 is 11.4. The Bertz CT molecular complexity index is 1220. The van der Waals surface area contributed by atoms with Crippen molar-refractivity contribution in [1.29, 1.82) is 0 Å². The Balaban J connectivity index is 1.30. The second-order valence-electron chi connectivity index (χ2n) is 14.2. The molecular formula is C32H50N6O5. The van der Waals surface area contributed by atoms with Gasteiger partial charge >= 0.3 is 6.09 Å². The number of anilines is 1. The first kappa shape index (κ1) is 31.5. The Morgan fingerprint density at radius 3 is 2.49 bits per heavy atom. The smallest absolute Gasteiger partial charge is 0.410 e. The van der Waals surface area contributed by atoms with Crippen molar-refractivity contribution in [2.75, 3.05) is 44.6 Å². The molecule has 4 aliphatic heterocycles. The average molecular weight is 599 g/mol. The lowest BCUT2D eigenvalue weighted by Gasteiger charge is -2.49. The number of hydrogen-bond donors (Lipinski definition) is 3. The summed E-state index contributed by atoms with van der Waals surface area (Å²) in [6.45, 7) is 17.4. The molecule has 4 aliphatic rings. The minimum absolute atomic E-state index is 0.0138. The number of benzene rings is 1. The van der Waals surface area contributed by atoms with Crippen molar-refractivity contribution >= 4 is 23.6 Å². The lowest BCUT2D eigenvalue weighted by molar-refractivity contribution is -0.128. The fourth-order valence-electron chi connectivity index (χ4n) is 7.15. The Labute approximate surface area is 256 Å². The monoisotopic (exact) mass is 598 g/mol. The van der Waals surface area contributed by atoms with E-state index in [4.69, 9.17) is 9.47 Å². The highest BCUT2D eigenvalue weighted by Gasteiger charge is 2.54. The molecule has 4 saturated heterocycles. The summed E-state index contributed by atoms with van der Waals surface area (Å²) in [6.07, 6.45) is 2.76. The van der Waals surface area contributed by atoms with Crippen LogP contribution in [0.3, 0.4) is 0 Å². The number of likely N-dealkylation sites (tertiary alicyclic amines) is 1. The third-order valence-electron chi connectivity index (χ3n) is 9.43. The highest BCUT2D eigenvalue weighted by atomic mass is 16.6. The first-order valence-corrected chi connectivity index (χ1v) is 15.8. The van der Waals surface area contributed by atoms with Gasteiger partial charge in [-0.25, -0.2) is 15.2 Å². The van der Waals surface area contributed by atoms with Gasteiger partial charge in [0, 0.05) is 55.6 Å². The third kappa shape index (κ3) is 6.63. The zero-order chi connectivity index (χ0) is 31.2. The van der Waals surface area contributed by atoms with Crippen LogP contribution in [-0.2, 0) is 14.3 Å². The van der Waals surface area contributed by atoms with Gasteiger partial charge in [0.05, 0.1) is 18.1 Å². The molecule has 0 saturated carbocycles. The van der Waals surface area contributed by atoms with Crippen molar-refractivity contribution in [2.24, 2.45) is 5.92 Å². The van der Waals surface area contributed by atoms with Crippen LogP contribution in [0.15, 0.2) is 18.2 Å². The van der Waals surface area contributed by atoms with E-state index < -0.39 is 5.60 Å². The number of aryl methyl sites for hydroxylation is 1. The number of carbonyl (C=O) groups excluding carboxylic acids is 3. The van der Waals surface area contributed by atoms with E-state index in [1.165, 1.54) is 0 Å². The molecule has 43 heavy (non-hydrogen) atoms. The lowest BCUT2D eigenvalue weighted by atomic mass is 9.81. The van der Waals surface area contributed by atoms with Crippen LogP contribution in [0.5, 0.6) is 0 Å². The van der Waals surface area contributed by atoms with Gasteiger partial charge in [0.2, 0.25) is 5.91 Å². The average Bonchev–Trinajstić information content (AvgIpc) is 3.31. The Kier molecular flexibility index (Phi) is 8.72. The Morgan fingerprint density at radius 1 is 1.14 bits per heavy atom. The topological polar surface area (TPSA) is 115 Å². The molecule has 0 spiro atoms. The molecule has 3 atom stereocenters. The summed E-state index contributed by atoms with van der Waals surface area (Å²) in [5, 5.41) is 9.00. The molecular weight excluding hydrogens is 548 g/mol. The van der Waals surface area contributed by atoms with Crippen LogP contribution in [0, 0.1) is 12.8 Å². The van der Waals surface area contributed by atoms with Gasteiger partial charge in [-0.2, -0.15) is 0 Å². The number of hydrazine groups is 1. The minimum Gasteiger partial charge on any atom is -0.444 e. The second kappa shape index (κ2) is 11.9. The zero-order valence-corrected chi connectivity index (χ0v) is 26.9. The van der Waals surface area contributed by atoms with Crippen LogP contribution in [0.4, 0.5) is 10.5 Å². The van der Waals surface area contributed by atoms with Gasteiger partial charge < -0.3 is 29.9 Å². The summed E-state index contributed by atoms with van der Waals surface area (Å²) in [7, 11) is 0. The highest BCUT2D eigenvalue weighted by Crippen LogP contribution is 2.40. The number of amides is 3. The van der Waals surface area contributed by atoms with E-state index >= 15 is 0 Å². The third-order valence-corrected chi connectivity index (χ3v) is 9.43. The summed E-state index contributed by atoms with van der Waals surface area (Å²) in [6, 6.07) is 5.84. The number of ether oxygens (including phenoxy) is 2. The minimum atomic E-state index is -0.530. The van der Waals surface area contributed by atoms with Crippen molar-refractivity contribution in [3.63, 3.8) is 0 Å². The largest absolute Gasteiger partial charge is 0.444 e. The van der Waals surface area contributed by atoms with Crippen LogP contribution in [0.2, 0.25) is 0 Å². The van der Waals surface area contributed by atoms with E-state index in [9.17, 15) is 14.4 Å². The van der Waals surface area contributed by atoms with Crippen molar-refractivity contribution < 1.29 is 23.9 Å². The maximum Gasteiger partial charge on any atom is 0.410 e. The first-order valence-electron chi connectivity index (χ1n) is 15.8. The molecule has 5 rings (SSSR count). The van der Waals surface area contributed by atoms with Gasteiger partial charge in [-0.3, -0.25) is 9.59 Å². The lowest BCUT2D eigenvalue weighted by Crippen LogP contribution is -2.62. The van der Waals surface area contributed by atoms with Gasteiger partial charge in [0.25, 0.3) is 5.91 Å². The maximum absolute atomic E-state index is 13.4. The summed E-state index contributed by atoms with van der Waals surface area (Å²) >= 11 is 0. The molecule has 4 fully saturated rings. The van der Waals surface area contributed by atoms with Gasteiger partial charge in [-0.15, -0.1) is 0 Å². The number of nitrogens with zero attached hydrogens (tertiary/aromatic N) is 3. The molecule has 4 heterocycles. The molecule has 11 nitrogen and oxygen atoms in total. The zero-order valence-electron chi connectivity index (χ0n) is 26.9. The van der Waals surface area contributed by atoms with E-state index in [-0.39, 0.29) is 47.2 Å². The molecule has 0 radical (unpaired) electrons. The van der Waals surface area contributed by atoms with Crippen LogP contribution in [-0.4, -0.2) is 101 Å². The molecule has 11 heteroatoms. The van der Waals surface area contributed by atoms with Crippen LogP contribution < -0.4 is 16.1 Å². The SMILES string of the molecule is CCC1(N2NC(Nc3ccc(C(=O)N4CCOC(C)(C)C4)c(C)c3)C3C(=O)NCCC32)CCN(C(=O)OC(C)(C)C)CC1. The number of rotatable bonds is 5. The van der Waals surface area contributed by atoms with Crippen molar-refractivity contribution in [1.82, 2.24) is 25.6 Å². The maximum atomic E-state index is 13.4. The van der Waals surface area contributed by atoms with Crippen LogP contribution in [0.1, 0.15) is 83.1 Å². The summed E-state index contributed by atoms with van der Waals surface area (Å²) in [5.74, 6) is -0.224.